The van der Waals surface area contributed by atoms with Crippen molar-refractivity contribution in [2.75, 3.05) is 67.2 Å². The molecule has 0 saturated carbocycles. The molecule has 0 aliphatic carbocycles. The van der Waals surface area contributed by atoms with E-state index in [2.05, 4.69) is 143 Å². The number of carbonyl (C=O) groups excluding carboxylic acids is 2. The number of pyridine rings is 5. The van der Waals surface area contributed by atoms with Crippen molar-refractivity contribution in [1.82, 2.24) is 40.3 Å². The largest absolute Gasteiger partial charge is 0.444 e. The van der Waals surface area contributed by atoms with Gasteiger partial charge in [-0.15, -0.1) is 0 Å². The number of anilines is 1. The van der Waals surface area contributed by atoms with E-state index in [9.17, 15) is 67.3 Å². The van der Waals surface area contributed by atoms with Gasteiger partial charge in [-0.25, -0.2) is 108 Å². The number of aliphatic imine (C=N–C) groups is 3. The van der Waals surface area contributed by atoms with Gasteiger partial charge >= 0.3 is 12.2 Å². The number of nitrogens with one attached hydrogen (secondary N) is 3. The number of rotatable bonds is 11. The summed E-state index contributed by atoms with van der Waals surface area (Å²) in [6, 6.07) is 18.0. The van der Waals surface area contributed by atoms with Gasteiger partial charge in [0.05, 0.1) is 128 Å². The van der Waals surface area contributed by atoms with Crippen molar-refractivity contribution in [3.8, 4) is 12.1 Å². The highest BCUT2D eigenvalue weighted by Crippen LogP contribution is 2.48. The number of aromatic nitrogens is 5. The van der Waals surface area contributed by atoms with Crippen LogP contribution in [0.3, 0.4) is 0 Å². The Hall–Kier alpha value is -6.73. The molecule has 8 aliphatic heterocycles. The van der Waals surface area contributed by atoms with Gasteiger partial charge in [0.1, 0.15) is 139 Å². The fourth-order valence-electron chi connectivity index (χ4n) is 16.8. The van der Waals surface area contributed by atoms with E-state index in [0.717, 1.165) is 64.2 Å². The fourth-order valence-corrected chi connectivity index (χ4v) is 33.2. The number of carbonyl (C=O) groups is 2. The van der Waals surface area contributed by atoms with Crippen LogP contribution in [0.25, 0.3) is 0 Å². The Morgan fingerprint density at radius 3 is 1.15 bits per heavy atom. The van der Waals surface area contributed by atoms with Crippen LogP contribution in [0.15, 0.2) is 116 Å². The molecule has 0 fully saturated rings. The minimum atomic E-state index is -3.10. The molecular formula is C89H126Br4F5N21O10S6. The van der Waals surface area contributed by atoms with Crippen LogP contribution in [0, 0.1) is 51.7 Å². The zero-order valence-corrected chi connectivity index (χ0v) is 91.1. The van der Waals surface area contributed by atoms with Gasteiger partial charge < -0.3 is 26.7 Å². The monoisotopic (exact) mass is 2250 g/mol. The highest BCUT2D eigenvalue weighted by atomic mass is 79.9. The van der Waals surface area contributed by atoms with Crippen molar-refractivity contribution >= 4 is 159 Å². The van der Waals surface area contributed by atoms with Gasteiger partial charge in [0.2, 0.25) is 0 Å². The summed E-state index contributed by atoms with van der Waals surface area (Å²) >= 11 is 13.0. The van der Waals surface area contributed by atoms with E-state index in [1.807, 2.05) is 13.8 Å². The van der Waals surface area contributed by atoms with Crippen LogP contribution in [0.1, 0.15) is 256 Å². The summed E-state index contributed by atoms with van der Waals surface area (Å²) in [6.07, 6.45) is 9.34. The number of nitriles is 2. The molecule has 135 heavy (non-hydrogen) atoms. The molecular weight excluding hydrogens is 2130 g/mol. The SMILES string of the molecule is CC(C)(C)OC(=O)NC1=NC(C)(c2nc(Br)ccc2F)CS2(=O)=NCCCCC12C.CC(C)(C)OC(=O)NC1=NC(C)(c2nc(N)ccc2F)CS2(=O)=NCCCCC12C.CC(CS1(=O)=NCCCCC1(C)C#N)(N[S@](=O)C(C)(C)C)c1nc(Br)ccc1F.CC(N)(CS1(=O)=NCCCCC1(C)C#N)c1nc(Br)ccc1F.CC1(c2nc(Br)ccc2F)CS2(=O)=NCCCCC2(C)C(N)=N1. The number of amides is 2. The molecule has 13 heterocycles. The number of ether oxygens (including phenoxy) is 2. The van der Waals surface area contributed by atoms with Crippen molar-refractivity contribution in [1.29, 1.82) is 10.5 Å². The minimum Gasteiger partial charge on any atom is -0.444 e. The van der Waals surface area contributed by atoms with E-state index in [4.69, 9.17) is 36.7 Å². The van der Waals surface area contributed by atoms with Crippen molar-refractivity contribution in [2.45, 2.75) is 295 Å². The van der Waals surface area contributed by atoms with E-state index in [1.165, 1.54) is 60.7 Å². The van der Waals surface area contributed by atoms with Crippen LogP contribution in [0.4, 0.5) is 37.4 Å². The summed E-state index contributed by atoms with van der Waals surface area (Å²) in [5.74, 6) is -2.12. The smallest absolute Gasteiger partial charge is 0.413 e. The Bertz CT molecular complexity index is 6120. The maximum absolute atomic E-state index is 14.8. The molecule has 0 bridgehead atoms. The van der Waals surface area contributed by atoms with E-state index in [0.29, 0.717) is 89.1 Å². The lowest BCUT2D eigenvalue weighted by Gasteiger charge is -2.42. The van der Waals surface area contributed by atoms with E-state index in [-0.39, 0.29) is 74.7 Å². The average molecular weight is 2260 g/mol. The first-order valence-corrected chi connectivity index (χ1v) is 57.0. The molecule has 0 spiro atoms. The van der Waals surface area contributed by atoms with Crippen LogP contribution < -0.4 is 32.6 Å². The predicted octanol–water partition coefficient (Wildman–Crippen LogP) is 18.2. The molecule has 46 heteroatoms. The van der Waals surface area contributed by atoms with E-state index < -0.39 is 168 Å². The Labute approximate surface area is 828 Å². The van der Waals surface area contributed by atoms with Crippen molar-refractivity contribution in [3.63, 3.8) is 0 Å². The Morgan fingerprint density at radius 2 is 0.763 bits per heavy atom. The van der Waals surface area contributed by atoms with Gasteiger partial charge in [-0.1, -0.05) is 0 Å². The van der Waals surface area contributed by atoms with Crippen molar-refractivity contribution < 1.29 is 66.3 Å². The third kappa shape index (κ3) is 25.2. The molecule has 16 atom stereocenters. The second-order valence-corrected chi connectivity index (χ2v) is 58.9. The lowest BCUT2D eigenvalue weighted by atomic mass is 9.96. The van der Waals surface area contributed by atoms with Crippen LogP contribution in [-0.2, 0) is 96.8 Å². The molecule has 5 aromatic heterocycles. The molecule has 15 unspecified atom stereocenters. The topological polar surface area (TPSA) is 480 Å². The molecule has 746 valence electrons. The third-order valence-corrected chi connectivity index (χ3v) is 44.8. The van der Waals surface area contributed by atoms with Gasteiger partial charge in [0.25, 0.3) is 0 Å². The highest BCUT2D eigenvalue weighted by Gasteiger charge is 2.57. The summed E-state index contributed by atoms with van der Waals surface area (Å²) in [4.78, 5) is 60.2. The standard InChI is InChI=1S/C20H28BrFN4O3S.C20H30FN5O3S.C19H28BrFN4O2S2.2C15H20BrFN4OS/c1-18(2,3)29-17(27)25-16-20(5)10-6-7-11-23-30(20,28)12-19(4,26-16)15-13(22)8-9-14(21)24-15;1-18(2,3)29-17(27)25-16-20(5)10-6-7-11-23-30(20,28)12-19(4,26-16)15-13(21)8-9-14(22)24-15;1-17(2,3)28(26)25-19(5,16-14(21)8-9-15(20)24-16)13-29(27)18(4,12-22)10-6-7-11-23-29;1-14(12-10(17)5-6-11(16)20-12)9-23(22)15(2,13(18)21-14)7-3-4-8-19-23;1-14(9-18)7-3-4-8-20-23(14,22)10-15(2,19)13-11(17)5-6-12(16)21-13/h8-9H,6-7,10-12H2,1-5H3,(H,25,26,27);8-9H,6-7,10-12H2,1-5H3,(H2,22,24)(H,25,26,27);8-9,25H,6-7,10-11,13H2,1-5H3;5-6H,3-4,7-9H2,1-2H3,(H2,18,21);5-6H,3-4,7-8,10,19H2,1-2H3/t;;18?,19?,28-,29?;;/m..1../s1. The van der Waals surface area contributed by atoms with Gasteiger partial charge in [-0.3, -0.25) is 25.6 Å². The van der Waals surface area contributed by atoms with Gasteiger partial charge in [-0.2, -0.15) is 10.5 Å². The molecule has 5 aromatic rings. The number of fused-ring (bicyclic) bond motifs is 3. The second-order valence-electron chi connectivity index (χ2n) is 40.0. The Balaban J connectivity index is 0.000000190. The second kappa shape index (κ2) is 42.2. The van der Waals surface area contributed by atoms with Crippen LogP contribution in [0.5, 0.6) is 0 Å². The molecule has 2 amide bonds. The quantitative estimate of drug-likeness (QED) is 0.0528. The first kappa shape index (κ1) is 112. The maximum atomic E-state index is 14.8. The number of nitrogen functional groups attached to an aromatic ring is 1. The van der Waals surface area contributed by atoms with Gasteiger partial charge in [0, 0.05) is 32.7 Å². The van der Waals surface area contributed by atoms with Gasteiger partial charge in [0.15, 0.2) is 0 Å². The zero-order valence-electron chi connectivity index (χ0n) is 79.8. The summed E-state index contributed by atoms with van der Waals surface area (Å²) in [5.41, 5.74) is 10.8. The fraction of sp³-hybridized carbons (Fsp3) is 0.640. The first-order valence-electron chi connectivity index (χ1n) is 44.3. The minimum absolute atomic E-state index is 0.00747. The molecule has 9 N–H and O–H groups in total. The first-order chi connectivity index (χ1) is 62.2. The molecule has 0 radical (unpaired) electrons. The normalized spacial score (nSPS) is 31.7. The predicted molar refractivity (Wildman–Crippen MR) is 537 cm³/mol. The lowest BCUT2D eigenvalue weighted by Crippen LogP contribution is -2.59. The van der Waals surface area contributed by atoms with E-state index >= 15 is 0 Å². The Morgan fingerprint density at radius 1 is 0.444 bits per heavy atom. The summed E-state index contributed by atoms with van der Waals surface area (Å²) < 4.78 is 187. The molecule has 0 aromatic carbocycles. The number of amidine groups is 3. The van der Waals surface area contributed by atoms with E-state index in [1.54, 1.807) is 118 Å². The molecule has 13 rings (SSSR count). The highest BCUT2D eigenvalue weighted by molar-refractivity contribution is 9.11. The van der Waals surface area contributed by atoms with Gasteiger partial charge in [-0.05, 0) is 352 Å². The Kier molecular flexibility index (Phi) is 35.0. The summed E-state index contributed by atoms with van der Waals surface area (Å²) in [6.45, 7) is 35.2. The number of hydrogen-bond donors (Lipinski definition) is 6. The van der Waals surface area contributed by atoms with Crippen LogP contribution in [0.2, 0.25) is 0 Å². The van der Waals surface area contributed by atoms with Crippen LogP contribution in [-0.4, -0.2) is 181 Å². The average Bonchev–Trinajstić information content (AvgIpc) is 1.74. The number of nitrogens with zero attached hydrogens (tertiary/aromatic N) is 15. The summed E-state index contributed by atoms with van der Waals surface area (Å²) in [5, 5.41) is 24.8. The number of alkyl carbamates (subject to hydrolysis) is 2. The van der Waals surface area contributed by atoms with Crippen LogP contribution >= 0.6 is 63.7 Å². The third-order valence-electron chi connectivity index (χ3n) is 24.7. The number of hydrogen-bond acceptors (Lipinski definition) is 28. The summed E-state index contributed by atoms with van der Waals surface area (Å²) in [7, 11) is -16.1. The molecule has 0 saturated heterocycles. The molecule has 8 aliphatic rings. The number of halogens is 9. The maximum Gasteiger partial charge on any atom is 0.413 e. The van der Waals surface area contributed by atoms with Crippen molar-refractivity contribution in [2.24, 2.45) is 48.3 Å². The lowest BCUT2D eigenvalue weighted by molar-refractivity contribution is 0.0548. The van der Waals surface area contributed by atoms with Crippen molar-refractivity contribution in [3.05, 3.63) is 137 Å². The zero-order chi connectivity index (χ0) is 101. The molecule has 31 nitrogen and oxygen atoms in total. The number of nitrogens with two attached hydrogens (primary N) is 3.